The van der Waals surface area contributed by atoms with Crippen LogP contribution in [0.1, 0.15) is 23.0 Å². The van der Waals surface area contributed by atoms with Crippen LogP contribution in [0.4, 0.5) is 0 Å². The van der Waals surface area contributed by atoms with E-state index in [1.165, 1.54) is 0 Å². The van der Waals surface area contributed by atoms with Crippen LogP contribution in [0.15, 0.2) is 6.20 Å². The number of hydrogen-bond acceptors (Lipinski definition) is 3. The van der Waals surface area contributed by atoms with Crippen molar-refractivity contribution < 1.29 is 4.79 Å². The van der Waals surface area contributed by atoms with Gasteiger partial charge in [-0.1, -0.05) is 0 Å². The van der Waals surface area contributed by atoms with Crippen LogP contribution in [0.3, 0.4) is 0 Å². The Balaban J connectivity index is 2.79. The predicted octanol–water partition coefficient (Wildman–Crippen LogP) is 0.960. The molecule has 1 atom stereocenters. The SMILES string of the molecule is Cc1c(C(=O)N(C)CC(C)C#N)cnn1C. The molecule has 1 amide bonds. The Morgan fingerprint density at radius 1 is 1.75 bits per heavy atom. The van der Waals surface area contributed by atoms with Gasteiger partial charge in [0, 0.05) is 26.3 Å². The summed E-state index contributed by atoms with van der Waals surface area (Å²) in [4.78, 5) is 13.5. The molecule has 5 nitrogen and oxygen atoms in total. The molecule has 0 bridgehead atoms. The van der Waals surface area contributed by atoms with Crippen LogP contribution in [0.5, 0.6) is 0 Å². The van der Waals surface area contributed by atoms with Gasteiger partial charge in [0.2, 0.25) is 0 Å². The monoisotopic (exact) mass is 220 g/mol. The molecule has 0 spiro atoms. The quantitative estimate of drug-likeness (QED) is 0.762. The molecular weight excluding hydrogens is 204 g/mol. The van der Waals surface area contributed by atoms with E-state index in [-0.39, 0.29) is 11.8 Å². The number of aromatic nitrogens is 2. The second-order valence-electron chi connectivity index (χ2n) is 3.98. The van der Waals surface area contributed by atoms with Gasteiger partial charge in [-0.2, -0.15) is 10.4 Å². The molecule has 0 aliphatic carbocycles. The fourth-order valence-electron chi connectivity index (χ4n) is 1.45. The average Bonchev–Trinajstić information content (AvgIpc) is 2.58. The largest absolute Gasteiger partial charge is 0.340 e. The first-order chi connectivity index (χ1) is 7.47. The van der Waals surface area contributed by atoms with Crippen molar-refractivity contribution in [3.8, 4) is 6.07 Å². The van der Waals surface area contributed by atoms with Crippen LogP contribution in [-0.2, 0) is 7.05 Å². The third kappa shape index (κ3) is 2.40. The van der Waals surface area contributed by atoms with E-state index in [0.717, 1.165) is 5.69 Å². The summed E-state index contributed by atoms with van der Waals surface area (Å²) < 4.78 is 1.66. The number of carbonyl (C=O) groups is 1. The lowest BCUT2D eigenvalue weighted by Crippen LogP contribution is -2.30. The van der Waals surface area contributed by atoms with Gasteiger partial charge in [0.15, 0.2) is 0 Å². The molecule has 16 heavy (non-hydrogen) atoms. The highest BCUT2D eigenvalue weighted by Gasteiger charge is 2.18. The summed E-state index contributed by atoms with van der Waals surface area (Å²) in [6, 6.07) is 2.11. The van der Waals surface area contributed by atoms with E-state index in [9.17, 15) is 4.79 Å². The molecule has 0 N–H and O–H groups in total. The minimum Gasteiger partial charge on any atom is -0.340 e. The minimum absolute atomic E-state index is 0.0901. The second-order valence-corrected chi connectivity index (χ2v) is 3.98. The summed E-state index contributed by atoms with van der Waals surface area (Å²) in [6.07, 6.45) is 1.56. The molecule has 0 aliphatic rings. The summed E-state index contributed by atoms with van der Waals surface area (Å²) in [7, 11) is 3.49. The van der Waals surface area contributed by atoms with Gasteiger partial charge in [-0.25, -0.2) is 0 Å². The van der Waals surface area contributed by atoms with Gasteiger partial charge in [0.05, 0.1) is 23.7 Å². The van der Waals surface area contributed by atoms with Gasteiger partial charge >= 0.3 is 0 Å². The van der Waals surface area contributed by atoms with Crippen LogP contribution in [-0.4, -0.2) is 34.2 Å². The van der Waals surface area contributed by atoms with Gasteiger partial charge in [0.25, 0.3) is 5.91 Å². The van der Waals surface area contributed by atoms with Crippen molar-refractivity contribution in [1.82, 2.24) is 14.7 Å². The number of hydrogen-bond donors (Lipinski definition) is 0. The number of nitriles is 1. The Morgan fingerprint density at radius 3 is 2.81 bits per heavy atom. The fourth-order valence-corrected chi connectivity index (χ4v) is 1.45. The third-order valence-electron chi connectivity index (χ3n) is 2.58. The maximum Gasteiger partial charge on any atom is 0.257 e. The molecule has 86 valence electrons. The Morgan fingerprint density at radius 2 is 2.38 bits per heavy atom. The highest BCUT2D eigenvalue weighted by molar-refractivity contribution is 5.94. The van der Waals surface area contributed by atoms with E-state index >= 15 is 0 Å². The van der Waals surface area contributed by atoms with Gasteiger partial charge in [0.1, 0.15) is 0 Å². The number of amides is 1. The predicted molar refractivity (Wildman–Crippen MR) is 59.7 cm³/mol. The summed E-state index contributed by atoms with van der Waals surface area (Å²) in [5, 5.41) is 12.7. The minimum atomic E-state index is -0.161. The van der Waals surface area contributed by atoms with E-state index in [1.807, 2.05) is 6.92 Å². The maximum atomic E-state index is 12.0. The number of rotatable bonds is 3. The normalized spacial score (nSPS) is 11.9. The Hall–Kier alpha value is -1.83. The van der Waals surface area contributed by atoms with Crippen molar-refractivity contribution in [1.29, 1.82) is 5.26 Å². The zero-order valence-electron chi connectivity index (χ0n) is 10.1. The molecule has 0 aromatic carbocycles. The average molecular weight is 220 g/mol. The first kappa shape index (κ1) is 12.2. The molecule has 0 saturated carbocycles. The molecule has 1 aromatic heterocycles. The van der Waals surface area contributed by atoms with Gasteiger partial charge in [-0.05, 0) is 13.8 Å². The molecule has 1 heterocycles. The fraction of sp³-hybridized carbons (Fsp3) is 0.545. The van der Waals surface area contributed by atoms with Crippen molar-refractivity contribution >= 4 is 5.91 Å². The number of nitrogens with zero attached hydrogens (tertiary/aromatic N) is 4. The molecule has 1 rings (SSSR count). The molecule has 0 radical (unpaired) electrons. The van der Waals surface area contributed by atoms with Crippen molar-refractivity contribution in [2.75, 3.05) is 13.6 Å². The molecule has 1 unspecified atom stereocenters. The Kier molecular flexibility index (Phi) is 3.67. The van der Waals surface area contributed by atoms with Crippen LogP contribution in [0, 0.1) is 24.2 Å². The molecular formula is C11H16N4O. The lowest BCUT2D eigenvalue weighted by molar-refractivity contribution is 0.0784. The van der Waals surface area contributed by atoms with E-state index < -0.39 is 0 Å². The van der Waals surface area contributed by atoms with Gasteiger partial charge in [-0.15, -0.1) is 0 Å². The number of aryl methyl sites for hydroxylation is 1. The molecule has 1 aromatic rings. The van der Waals surface area contributed by atoms with E-state index in [1.54, 1.807) is 36.8 Å². The topological polar surface area (TPSA) is 61.9 Å². The number of carbonyl (C=O) groups excluding carboxylic acids is 1. The Labute approximate surface area is 95.3 Å². The summed E-state index contributed by atoms with van der Waals surface area (Å²) in [5.41, 5.74) is 1.43. The first-order valence-electron chi connectivity index (χ1n) is 5.11. The zero-order valence-corrected chi connectivity index (χ0v) is 10.1. The molecule has 0 aliphatic heterocycles. The summed E-state index contributed by atoms with van der Waals surface area (Å²) >= 11 is 0. The van der Waals surface area contributed by atoms with Crippen molar-refractivity contribution in [3.63, 3.8) is 0 Å². The first-order valence-corrected chi connectivity index (χ1v) is 5.11. The molecule has 0 saturated heterocycles. The highest BCUT2D eigenvalue weighted by Crippen LogP contribution is 2.09. The maximum absolute atomic E-state index is 12.0. The highest BCUT2D eigenvalue weighted by atomic mass is 16.2. The lowest BCUT2D eigenvalue weighted by Gasteiger charge is -2.17. The second kappa shape index (κ2) is 4.79. The van der Waals surface area contributed by atoms with Crippen molar-refractivity contribution in [2.45, 2.75) is 13.8 Å². The van der Waals surface area contributed by atoms with E-state index in [2.05, 4.69) is 11.2 Å². The van der Waals surface area contributed by atoms with Gasteiger partial charge in [-0.3, -0.25) is 9.48 Å². The van der Waals surface area contributed by atoms with Crippen molar-refractivity contribution in [3.05, 3.63) is 17.5 Å². The van der Waals surface area contributed by atoms with Crippen LogP contribution < -0.4 is 0 Å². The molecule has 5 heteroatoms. The summed E-state index contributed by atoms with van der Waals surface area (Å²) in [5.74, 6) is -0.251. The standard InChI is InChI=1S/C11H16N4O/c1-8(5-12)7-14(3)11(16)10-6-13-15(4)9(10)2/h6,8H,7H2,1-4H3. The molecule has 0 fully saturated rings. The lowest BCUT2D eigenvalue weighted by atomic mass is 10.1. The van der Waals surface area contributed by atoms with E-state index in [4.69, 9.17) is 5.26 Å². The third-order valence-corrected chi connectivity index (χ3v) is 2.58. The van der Waals surface area contributed by atoms with Crippen LogP contribution in [0.2, 0.25) is 0 Å². The van der Waals surface area contributed by atoms with Crippen molar-refractivity contribution in [2.24, 2.45) is 13.0 Å². The van der Waals surface area contributed by atoms with Crippen LogP contribution >= 0.6 is 0 Å². The smallest absolute Gasteiger partial charge is 0.257 e. The van der Waals surface area contributed by atoms with E-state index in [0.29, 0.717) is 12.1 Å². The van der Waals surface area contributed by atoms with Gasteiger partial charge < -0.3 is 4.90 Å². The Bertz CT molecular complexity index is 430. The zero-order chi connectivity index (χ0) is 12.3. The summed E-state index contributed by atoms with van der Waals surface area (Å²) in [6.45, 7) is 4.07. The van der Waals surface area contributed by atoms with Crippen LogP contribution in [0.25, 0.3) is 0 Å².